The summed E-state index contributed by atoms with van der Waals surface area (Å²) in [5.41, 5.74) is 3.36. The highest BCUT2D eigenvalue weighted by molar-refractivity contribution is 5.97. The van der Waals surface area contributed by atoms with E-state index in [0.717, 1.165) is 27.7 Å². The molecule has 4 rings (SSSR count). The summed E-state index contributed by atoms with van der Waals surface area (Å²) in [6.07, 6.45) is 2.34. The quantitative estimate of drug-likeness (QED) is 0.491. The van der Waals surface area contributed by atoms with E-state index in [4.69, 9.17) is 4.74 Å². The van der Waals surface area contributed by atoms with E-state index in [2.05, 4.69) is 20.5 Å². The zero-order valence-corrected chi connectivity index (χ0v) is 16.2. The standard InChI is InChI=1S/C23H20N4O2/c1-15(28)17-6-5-7-18(14-17)25-23-20-9-4-3-8-19(20)21(26-27-23)12-16-10-11-24-22(13-16)29-2/h3-11,13-14H,12H2,1-2H3,(H,25,27). The van der Waals surface area contributed by atoms with E-state index in [1.165, 1.54) is 0 Å². The van der Waals surface area contributed by atoms with Gasteiger partial charge in [-0.3, -0.25) is 4.79 Å². The number of ether oxygens (including phenoxy) is 1. The molecule has 0 spiro atoms. The van der Waals surface area contributed by atoms with E-state index >= 15 is 0 Å². The second-order valence-electron chi connectivity index (χ2n) is 6.69. The van der Waals surface area contributed by atoms with E-state index in [-0.39, 0.29) is 5.78 Å². The van der Waals surface area contributed by atoms with Gasteiger partial charge in [-0.2, -0.15) is 5.10 Å². The number of Topliss-reactive ketones (excluding diaryl/α,β-unsaturated/α-hetero) is 1. The topological polar surface area (TPSA) is 77.0 Å². The molecule has 0 aliphatic rings. The van der Waals surface area contributed by atoms with Gasteiger partial charge in [0.1, 0.15) is 0 Å². The van der Waals surface area contributed by atoms with Gasteiger partial charge in [-0.1, -0.05) is 36.4 Å². The number of methoxy groups -OCH3 is 1. The predicted octanol–water partition coefficient (Wildman–Crippen LogP) is 4.57. The Hall–Kier alpha value is -3.80. The lowest BCUT2D eigenvalue weighted by Crippen LogP contribution is -2.03. The lowest BCUT2D eigenvalue weighted by atomic mass is 10.0. The van der Waals surface area contributed by atoms with Gasteiger partial charge in [0.2, 0.25) is 5.88 Å². The Bertz CT molecular complexity index is 1190. The predicted molar refractivity (Wildman–Crippen MR) is 113 cm³/mol. The number of benzene rings is 2. The van der Waals surface area contributed by atoms with Gasteiger partial charge in [-0.25, -0.2) is 4.98 Å². The summed E-state index contributed by atoms with van der Waals surface area (Å²) in [4.78, 5) is 15.8. The Morgan fingerprint density at radius 3 is 2.62 bits per heavy atom. The van der Waals surface area contributed by atoms with Gasteiger partial charge in [0.05, 0.1) is 12.8 Å². The smallest absolute Gasteiger partial charge is 0.213 e. The number of hydrogen-bond donors (Lipinski definition) is 1. The molecular formula is C23H20N4O2. The molecule has 0 aliphatic heterocycles. The molecule has 0 amide bonds. The highest BCUT2D eigenvalue weighted by Crippen LogP contribution is 2.27. The van der Waals surface area contributed by atoms with Gasteiger partial charge in [0, 0.05) is 40.7 Å². The molecule has 2 aromatic heterocycles. The first-order chi connectivity index (χ1) is 14.1. The summed E-state index contributed by atoms with van der Waals surface area (Å²) in [6.45, 7) is 1.55. The number of nitrogens with zero attached hydrogens (tertiary/aromatic N) is 3. The lowest BCUT2D eigenvalue weighted by molar-refractivity contribution is 0.101. The molecule has 2 aromatic carbocycles. The van der Waals surface area contributed by atoms with Gasteiger partial charge in [-0.15, -0.1) is 5.10 Å². The molecule has 0 atom stereocenters. The minimum absolute atomic E-state index is 0.0210. The van der Waals surface area contributed by atoms with Crippen molar-refractivity contribution >= 4 is 28.1 Å². The van der Waals surface area contributed by atoms with Gasteiger partial charge < -0.3 is 10.1 Å². The van der Waals surface area contributed by atoms with Gasteiger partial charge in [0.15, 0.2) is 11.6 Å². The number of carbonyl (C=O) groups is 1. The molecule has 144 valence electrons. The fraction of sp³-hybridized carbons (Fsp3) is 0.130. The van der Waals surface area contributed by atoms with Crippen LogP contribution in [0, 0.1) is 0 Å². The summed E-state index contributed by atoms with van der Waals surface area (Å²) in [7, 11) is 1.60. The van der Waals surface area contributed by atoms with Crippen molar-refractivity contribution in [2.45, 2.75) is 13.3 Å². The maximum atomic E-state index is 11.7. The molecule has 0 saturated heterocycles. The Kier molecular flexibility index (Phi) is 5.16. The highest BCUT2D eigenvalue weighted by atomic mass is 16.5. The van der Waals surface area contributed by atoms with Crippen molar-refractivity contribution in [2.75, 3.05) is 12.4 Å². The lowest BCUT2D eigenvalue weighted by Gasteiger charge is -2.12. The molecule has 0 aliphatic carbocycles. The van der Waals surface area contributed by atoms with Crippen LogP contribution in [0.25, 0.3) is 10.8 Å². The number of aromatic nitrogens is 3. The van der Waals surface area contributed by atoms with Gasteiger partial charge >= 0.3 is 0 Å². The summed E-state index contributed by atoms with van der Waals surface area (Å²) in [5.74, 6) is 1.24. The van der Waals surface area contributed by atoms with E-state index < -0.39 is 0 Å². The number of fused-ring (bicyclic) bond motifs is 1. The Morgan fingerprint density at radius 2 is 1.83 bits per heavy atom. The van der Waals surface area contributed by atoms with Crippen LogP contribution in [0.3, 0.4) is 0 Å². The number of carbonyl (C=O) groups excluding carboxylic acids is 1. The molecule has 29 heavy (non-hydrogen) atoms. The van der Waals surface area contributed by atoms with E-state index in [1.54, 1.807) is 26.3 Å². The molecule has 0 bridgehead atoms. The first kappa shape index (κ1) is 18.6. The number of anilines is 2. The average Bonchev–Trinajstić information content (AvgIpc) is 2.76. The summed E-state index contributed by atoms with van der Waals surface area (Å²) >= 11 is 0. The van der Waals surface area contributed by atoms with Crippen molar-refractivity contribution in [3.63, 3.8) is 0 Å². The molecule has 1 N–H and O–H groups in total. The average molecular weight is 384 g/mol. The molecule has 0 saturated carbocycles. The van der Waals surface area contributed by atoms with Crippen LogP contribution in [0.5, 0.6) is 5.88 Å². The number of rotatable bonds is 6. The molecule has 0 unspecified atom stereocenters. The van der Waals surface area contributed by atoms with Crippen molar-refractivity contribution in [3.05, 3.63) is 83.7 Å². The minimum Gasteiger partial charge on any atom is -0.481 e. The van der Waals surface area contributed by atoms with Crippen molar-refractivity contribution in [1.82, 2.24) is 15.2 Å². The maximum Gasteiger partial charge on any atom is 0.213 e. The Morgan fingerprint density at radius 1 is 1.00 bits per heavy atom. The third kappa shape index (κ3) is 4.06. The fourth-order valence-corrected chi connectivity index (χ4v) is 3.20. The molecule has 2 heterocycles. The molecule has 6 nitrogen and oxygen atoms in total. The second kappa shape index (κ2) is 8.06. The van der Waals surface area contributed by atoms with Crippen molar-refractivity contribution in [2.24, 2.45) is 0 Å². The number of pyridine rings is 1. The van der Waals surface area contributed by atoms with Crippen LogP contribution in [-0.4, -0.2) is 28.1 Å². The summed E-state index contributed by atoms with van der Waals surface area (Å²) in [5, 5.41) is 14.2. The molecule has 0 fully saturated rings. The highest BCUT2D eigenvalue weighted by Gasteiger charge is 2.11. The monoisotopic (exact) mass is 384 g/mol. The fourth-order valence-electron chi connectivity index (χ4n) is 3.20. The van der Waals surface area contributed by atoms with Crippen molar-refractivity contribution in [1.29, 1.82) is 0 Å². The Labute approximate surface area is 168 Å². The van der Waals surface area contributed by atoms with Crippen LogP contribution in [0.4, 0.5) is 11.5 Å². The third-order valence-corrected chi connectivity index (χ3v) is 4.68. The maximum absolute atomic E-state index is 11.7. The van der Waals surface area contributed by atoms with E-state index in [9.17, 15) is 4.79 Å². The molecule has 0 radical (unpaired) electrons. The van der Waals surface area contributed by atoms with Crippen LogP contribution in [0.1, 0.15) is 28.5 Å². The largest absolute Gasteiger partial charge is 0.481 e. The van der Waals surface area contributed by atoms with E-state index in [0.29, 0.717) is 23.7 Å². The van der Waals surface area contributed by atoms with Crippen molar-refractivity contribution in [3.8, 4) is 5.88 Å². The third-order valence-electron chi connectivity index (χ3n) is 4.68. The van der Waals surface area contributed by atoms with Crippen LogP contribution >= 0.6 is 0 Å². The minimum atomic E-state index is 0.0210. The van der Waals surface area contributed by atoms with Crippen LogP contribution in [-0.2, 0) is 6.42 Å². The number of nitrogens with one attached hydrogen (secondary N) is 1. The van der Waals surface area contributed by atoms with E-state index in [1.807, 2.05) is 54.6 Å². The second-order valence-corrected chi connectivity index (χ2v) is 6.69. The zero-order valence-electron chi connectivity index (χ0n) is 16.2. The SMILES string of the molecule is COc1cc(Cc2nnc(Nc3cccc(C(C)=O)c3)c3ccccc23)ccn1. The van der Waals surface area contributed by atoms with Crippen molar-refractivity contribution < 1.29 is 9.53 Å². The normalized spacial score (nSPS) is 10.7. The summed E-state index contributed by atoms with van der Waals surface area (Å²) < 4.78 is 5.21. The van der Waals surface area contributed by atoms with Crippen LogP contribution in [0.2, 0.25) is 0 Å². The molecule has 6 heteroatoms. The van der Waals surface area contributed by atoms with Gasteiger partial charge in [-0.05, 0) is 30.7 Å². The van der Waals surface area contributed by atoms with Gasteiger partial charge in [0.25, 0.3) is 0 Å². The van der Waals surface area contributed by atoms with Crippen LogP contribution in [0.15, 0.2) is 66.9 Å². The number of hydrogen-bond acceptors (Lipinski definition) is 6. The zero-order chi connectivity index (χ0) is 20.2. The molecular weight excluding hydrogens is 364 g/mol. The van der Waals surface area contributed by atoms with Crippen LogP contribution < -0.4 is 10.1 Å². The Balaban J connectivity index is 1.70. The summed E-state index contributed by atoms with van der Waals surface area (Å²) in [6, 6.07) is 19.2. The first-order valence-electron chi connectivity index (χ1n) is 9.25. The number of ketones is 1. The first-order valence-corrected chi connectivity index (χ1v) is 9.25. The molecule has 4 aromatic rings.